The number of likely N-dealkylation sites (N-methyl/N-ethyl adjacent to an activating group) is 7. The van der Waals surface area contributed by atoms with E-state index in [1.165, 1.54) is 82.8 Å². The molecule has 0 bridgehead atoms. The Balaban J connectivity index is 4.49. The molecular weight excluding hydrogens is 1160 g/mol. The zero-order valence-electron chi connectivity index (χ0n) is 58.3. The molecule has 27 heteroatoms. The molecule has 1 saturated heterocycles. The SMILES string of the molecule is C/C=C/C[C@@H](C)[C@@H](OC(=O)CN=[N+]=[N-])[C@H]1C(=O)N[C@@H](CC)C(=O)N(C)CC(=O)N(C)C(C(C)C)C(=O)N[C@@H](C(C)C)C(=O)N(C)[C@@H](CC(C)C)C(=O)N[C@@H](C)C(=O)N[C@H](C)C(=O)N(C)[C@@H](CC(C)C)C(=O)N(C)[C@@H](CC(C)C)C(=O)N(C)[C@@H](C(C)C)C(=O)N1C. The molecule has 4 N–H and O–H groups in total. The zero-order chi connectivity index (χ0) is 69.7. The molecular formula is C63H110N14O13. The monoisotopic (exact) mass is 1270 g/mol. The fraction of sp³-hybridized carbons (Fsp3) is 0.778. The number of esters is 1. The lowest BCUT2D eigenvalue weighted by Gasteiger charge is -2.42. The highest BCUT2D eigenvalue weighted by Gasteiger charge is 2.47. The van der Waals surface area contributed by atoms with Gasteiger partial charge in [-0.25, -0.2) is 0 Å². The lowest BCUT2D eigenvalue weighted by Crippen LogP contribution is -2.64. The lowest BCUT2D eigenvalue weighted by atomic mass is 9.91. The Kier molecular flexibility index (Phi) is 33.3. The number of amides is 11. The van der Waals surface area contributed by atoms with Crippen molar-refractivity contribution in [1.82, 2.24) is 55.6 Å². The van der Waals surface area contributed by atoms with Crippen molar-refractivity contribution in [2.75, 3.05) is 62.4 Å². The van der Waals surface area contributed by atoms with E-state index in [0.717, 1.165) is 14.7 Å². The number of hydrogen-bond acceptors (Lipinski definition) is 14. The highest BCUT2D eigenvalue weighted by molar-refractivity contribution is 5.99. The minimum absolute atomic E-state index is 0.0566. The number of ether oxygens (including phenoxy) is 1. The standard InChI is InChI=1S/C63H110N14O13/c1-25-27-28-40(15)53(90-48(79)32-65-70-64)52-57(83)68-43(26-2)59(85)71(18)33-47(78)75(22)50(38(11)12)56(82)69-49(37(9)10)62(88)72(19)44(29-34(3)4)55(81)66-41(16)54(80)67-42(17)58(84)73(20)45(30-35(5)6)60(86)74(21)46(31-36(7)8)61(87)76(23)51(39(13)14)63(89)77(52)24/h25,27,34-46,49-53H,26,28-33H2,1-24H3,(H,66,81)(H,67,80)(H,68,83)(H,69,82)/b27-25+/t40-,41+,42-,43+,44+,45+,46+,49+,50?,51+,52+,53-/m1/s1. The van der Waals surface area contributed by atoms with Crippen molar-refractivity contribution < 1.29 is 62.3 Å². The Labute approximate surface area is 534 Å². The van der Waals surface area contributed by atoms with Crippen LogP contribution in [0.1, 0.15) is 150 Å². The molecule has 1 aliphatic rings. The molecule has 1 aliphatic heterocycles. The molecule has 510 valence electrons. The number of nitrogens with zero attached hydrogens (tertiary/aromatic N) is 10. The van der Waals surface area contributed by atoms with E-state index in [9.17, 15) is 38.4 Å². The molecule has 1 rings (SSSR count). The molecule has 0 aliphatic carbocycles. The summed E-state index contributed by atoms with van der Waals surface area (Å²) in [6, 6.07) is -13.0. The summed E-state index contributed by atoms with van der Waals surface area (Å²) in [6.45, 7) is 27.7. The fourth-order valence-corrected chi connectivity index (χ4v) is 11.1. The quantitative estimate of drug-likeness (QED) is 0.0531. The summed E-state index contributed by atoms with van der Waals surface area (Å²) in [5.41, 5.74) is 9.12. The van der Waals surface area contributed by atoms with Crippen LogP contribution >= 0.6 is 0 Å². The van der Waals surface area contributed by atoms with Crippen molar-refractivity contribution in [3.8, 4) is 0 Å². The van der Waals surface area contributed by atoms with Crippen LogP contribution in [0.2, 0.25) is 0 Å². The topological polar surface area (TPSA) is 334 Å². The van der Waals surface area contributed by atoms with Crippen molar-refractivity contribution in [2.45, 2.75) is 216 Å². The highest BCUT2D eigenvalue weighted by Crippen LogP contribution is 2.27. The van der Waals surface area contributed by atoms with Gasteiger partial charge in [0.15, 0.2) is 0 Å². The van der Waals surface area contributed by atoms with Crippen LogP contribution in [0.3, 0.4) is 0 Å². The van der Waals surface area contributed by atoms with Gasteiger partial charge in [0.05, 0.1) is 6.54 Å². The second-order valence-corrected chi connectivity index (χ2v) is 26.5. The predicted octanol–water partition coefficient (Wildman–Crippen LogP) is 3.74. The summed E-state index contributed by atoms with van der Waals surface area (Å²) in [4.78, 5) is 186. The van der Waals surface area contributed by atoms with Gasteiger partial charge in [-0.15, -0.1) is 0 Å². The molecule has 1 unspecified atom stereocenters. The molecule has 0 aromatic rings. The van der Waals surface area contributed by atoms with Crippen molar-refractivity contribution in [3.63, 3.8) is 0 Å². The zero-order valence-corrected chi connectivity index (χ0v) is 58.3. The van der Waals surface area contributed by atoms with Crippen LogP contribution in [0.15, 0.2) is 17.3 Å². The average molecular weight is 1270 g/mol. The van der Waals surface area contributed by atoms with E-state index in [2.05, 4.69) is 31.3 Å². The average Bonchev–Trinajstić information content (AvgIpc) is 0.844. The van der Waals surface area contributed by atoms with Crippen LogP contribution in [0.25, 0.3) is 10.4 Å². The molecule has 11 amide bonds. The Morgan fingerprint density at radius 1 is 0.544 bits per heavy atom. The van der Waals surface area contributed by atoms with Crippen molar-refractivity contribution in [3.05, 3.63) is 22.6 Å². The summed E-state index contributed by atoms with van der Waals surface area (Å²) in [6.07, 6.45) is 2.50. The first-order valence-electron chi connectivity index (χ1n) is 31.5. The van der Waals surface area contributed by atoms with E-state index in [1.807, 2.05) is 41.5 Å². The largest absolute Gasteiger partial charge is 0.459 e. The summed E-state index contributed by atoms with van der Waals surface area (Å²) >= 11 is 0. The van der Waals surface area contributed by atoms with Gasteiger partial charge in [0.25, 0.3) is 0 Å². The van der Waals surface area contributed by atoms with E-state index >= 15 is 19.2 Å². The van der Waals surface area contributed by atoms with E-state index in [1.54, 1.807) is 74.5 Å². The molecule has 0 spiro atoms. The van der Waals surface area contributed by atoms with Gasteiger partial charge in [-0.05, 0) is 99.8 Å². The van der Waals surface area contributed by atoms with E-state index < -0.39 is 174 Å². The molecule has 90 heavy (non-hydrogen) atoms. The third-order valence-corrected chi connectivity index (χ3v) is 16.4. The van der Waals surface area contributed by atoms with Crippen LogP contribution in [0.5, 0.6) is 0 Å². The van der Waals surface area contributed by atoms with Crippen LogP contribution in [-0.4, -0.2) is 234 Å². The van der Waals surface area contributed by atoms with E-state index in [4.69, 9.17) is 10.3 Å². The number of rotatable bonds is 17. The molecule has 0 aromatic carbocycles. The molecule has 12 atom stereocenters. The smallest absolute Gasteiger partial charge is 0.312 e. The highest BCUT2D eigenvalue weighted by atomic mass is 16.5. The first-order chi connectivity index (χ1) is 41.7. The summed E-state index contributed by atoms with van der Waals surface area (Å²) in [5, 5.41) is 14.3. The molecule has 0 radical (unpaired) electrons. The van der Waals surface area contributed by atoms with Gasteiger partial charge < -0.3 is 60.3 Å². The molecule has 0 saturated carbocycles. The van der Waals surface area contributed by atoms with Gasteiger partial charge in [0, 0.05) is 54.2 Å². The first-order valence-corrected chi connectivity index (χ1v) is 31.5. The normalized spacial score (nSPS) is 25.8. The Hall–Kier alpha value is -7.31. The summed E-state index contributed by atoms with van der Waals surface area (Å²) in [7, 11) is 9.66. The Morgan fingerprint density at radius 2 is 1.00 bits per heavy atom. The van der Waals surface area contributed by atoms with Gasteiger partial charge in [-0.2, -0.15) is 0 Å². The number of allylic oxidation sites excluding steroid dienone is 2. The van der Waals surface area contributed by atoms with Crippen molar-refractivity contribution >= 4 is 70.9 Å². The number of nitrogens with one attached hydrogen (secondary N) is 4. The van der Waals surface area contributed by atoms with Gasteiger partial charge in [0.1, 0.15) is 73.1 Å². The summed E-state index contributed by atoms with van der Waals surface area (Å²) in [5.74, 6) is -12.1. The van der Waals surface area contributed by atoms with E-state index in [-0.39, 0.29) is 49.9 Å². The van der Waals surface area contributed by atoms with Crippen molar-refractivity contribution in [1.29, 1.82) is 0 Å². The van der Waals surface area contributed by atoms with Gasteiger partial charge in [-0.3, -0.25) is 57.5 Å². The predicted molar refractivity (Wildman–Crippen MR) is 342 cm³/mol. The number of azide groups is 1. The molecule has 1 heterocycles. The second kappa shape index (κ2) is 37.1. The minimum Gasteiger partial charge on any atom is -0.459 e. The second-order valence-electron chi connectivity index (χ2n) is 26.5. The van der Waals surface area contributed by atoms with Crippen LogP contribution in [0, 0.1) is 41.4 Å². The van der Waals surface area contributed by atoms with Crippen molar-refractivity contribution in [2.24, 2.45) is 46.5 Å². The van der Waals surface area contributed by atoms with Crippen LogP contribution < -0.4 is 21.3 Å². The van der Waals surface area contributed by atoms with Gasteiger partial charge >= 0.3 is 5.97 Å². The number of carbonyl (C=O) groups is 12. The maximum Gasteiger partial charge on any atom is 0.312 e. The van der Waals surface area contributed by atoms with Gasteiger partial charge in [-0.1, -0.05) is 114 Å². The van der Waals surface area contributed by atoms with E-state index in [0.29, 0.717) is 0 Å². The Morgan fingerprint density at radius 3 is 1.47 bits per heavy atom. The first kappa shape index (κ1) is 80.7. The lowest BCUT2D eigenvalue weighted by molar-refractivity contribution is -0.164. The maximum atomic E-state index is 15.5. The number of hydrogen-bond donors (Lipinski definition) is 4. The molecule has 1 fully saturated rings. The third-order valence-electron chi connectivity index (χ3n) is 16.4. The Bertz CT molecular complexity index is 2590. The van der Waals surface area contributed by atoms with Crippen LogP contribution in [0.4, 0.5) is 0 Å². The molecule has 27 nitrogen and oxygen atoms in total. The summed E-state index contributed by atoms with van der Waals surface area (Å²) < 4.78 is 5.96. The number of carbonyl (C=O) groups excluding carboxylic acids is 12. The molecule has 0 aromatic heterocycles. The third kappa shape index (κ3) is 22.6. The van der Waals surface area contributed by atoms with Gasteiger partial charge in [0.2, 0.25) is 65.0 Å². The minimum atomic E-state index is -1.74. The maximum absolute atomic E-state index is 15.5. The fourth-order valence-electron chi connectivity index (χ4n) is 11.1. The van der Waals surface area contributed by atoms with Crippen LogP contribution in [-0.2, 0) is 62.3 Å².